The van der Waals surface area contributed by atoms with Crippen molar-refractivity contribution >= 4 is 17.5 Å². The Morgan fingerprint density at radius 2 is 1.83 bits per heavy atom. The minimum Gasteiger partial charge on any atom is -0.342 e. The zero-order valence-electron chi connectivity index (χ0n) is 21.2. The van der Waals surface area contributed by atoms with Crippen molar-refractivity contribution in [1.82, 2.24) is 4.90 Å². The van der Waals surface area contributed by atoms with Gasteiger partial charge in [-0.05, 0) is 73.6 Å². The van der Waals surface area contributed by atoms with E-state index in [0.29, 0.717) is 36.5 Å². The second-order valence-electron chi connectivity index (χ2n) is 11.7. The fraction of sp³-hybridized carbons (Fsp3) is 0.600. The Hall–Kier alpha value is -1.98. The minimum absolute atomic E-state index is 0.127. The maximum absolute atomic E-state index is 17.5. The smallest absolute Gasteiger partial charge is 0.273 e. The molecule has 0 bridgehead atoms. The Kier molecular flexibility index (Phi) is 6.58. The van der Waals surface area contributed by atoms with Crippen LogP contribution in [0.25, 0.3) is 0 Å². The van der Waals surface area contributed by atoms with Crippen molar-refractivity contribution in [3.8, 4) is 0 Å². The number of aryl methyl sites for hydroxylation is 1. The molecule has 1 saturated carbocycles. The van der Waals surface area contributed by atoms with Gasteiger partial charge in [-0.3, -0.25) is 4.79 Å². The summed E-state index contributed by atoms with van der Waals surface area (Å²) in [6.07, 6.45) is 10.3. The van der Waals surface area contributed by atoms with E-state index in [9.17, 15) is 4.79 Å². The number of nitrogens with one attached hydrogen (secondary N) is 1. The van der Waals surface area contributed by atoms with Crippen LogP contribution >= 0.6 is 11.6 Å². The molecule has 192 valence electrons. The van der Waals surface area contributed by atoms with Crippen LogP contribution in [0.5, 0.6) is 0 Å². The van der Waals surface area contributed by atoms with Gasteiger partial charge in [-0.25, -0.2) is 4.39 Å². The summed E-state index contributed by atoms with van der Waals surface area (Å²) in [6.45, 7) is 1.48. The van der Waals surface area contributed by atoms with Crippen LogP contribution in [-0.4, -0.2) is 42.2 Å². The third-order valence-corrected chi connectivity index (χ3v) is 10.1. The van der Waals surface area contributed by atoms with Gasteiger partial charge in [0.15, 0.2) is 5.69 Å². The van der Waals surface area contributed by atoms with E-state index in [2.05, 4.69) is 35.3 Å². The summed E-state index contributed by atoms with van der Waals surface area (Å²) in [5.74, 6) is 0.667. The molecule has 1 unspecified atom stereocenters. The lowest BCUT2D eigenvalue weighted by atomic mass is 9.63. The van der Waals surface area contributed by atoms with Gasteiger partial charge in [0.05, 0.1) is 12.0 Å². The van der Waals surface area contributed by atoms with Gasteiger partial charge in [0.1, 0.15) is 6.54 Å². The number of pyridine rings is 1. The van der Waals surface area contributed by atoms with E-state index in [1.807, 2.05) is 22.3 Å². The van der Waals surface area contributed by atoms with E-state index in [0.717, 1.165) is 49.8 Å². The Morgan fingerprint density at radius 1 is 1.03 bits per heavy atom. The molecular weight excluding hydrogens is 473 g/mol. The number of quaternary nitrogens is 1. The van der Waals surface area contributed by atoms with Crippen molar-refractivity contribution in [2.45, 2.75) is 87.3 Å². The zero-order chi connectivity index (χ0) is 24.8. The minimum atomic E-state index is -1.89. The number of likely N-dealkylation sites (tertiary alicyclic amines) is 1. The van der Waals surface area contributed by atoms with E-state index in [1.54, 1.807) is 0 Å². The highest BCUT2D eigenvalue weighted by molar-refractivity contribution is 6.28. The molecule has 1 amide bonds. The normalized spacial score (nSPS) is 33.0. The first-order valence-corrected chi connectivity index (χ1v) is 14.5. The molecule has 4 aliphatic rings. The van der Waals surface area contributed by atoms with Gasteiger partial charge in [0, 0.05) is 30.6 Å². The molecule has 2 aliphatic heterocycles. The maximum atomic E-state index is 17.5. The molecule has 2 aliphatic carbocycles. The quantitative estimate of drug-likeness (QED) is 0.611. The molecule has 36 heavy (non-hydrogen) atoms. The van der Waals surface area contributed by atoms with Crippen LogP contribution in [0.15, 0.2) is 42.5 Å². The number of alkyl halides is 1. The number of H-pyrrole nitrogens is 1. The highest BCUT2D eigenvalue weighted by Crippen LogP contribution is 2.49. The lowest BCUT2D eigenvalue weighted by Gasteiger charge is -2.48. The maximum Gasteiger partial charge on any atom is 0.273 e. The Morgan fingerprint density at radius 3 is 2.64 bits per heavy atom. The van der Waals surface area contributed by atoms with Crippen molar-refractivity contribution in [1.29, 1.82) is 0 Å². The number of carbonyl (C=O) groups excluding carboxylic acids is 1. The molecule has 2 aromatic rings. The molecule has 6 heteroatoms. The number of benzene rings is 1. The fourth-order valence-electron chi connectivity index (χ4n) is 8.12. The number of aromatic amines is 1. The number of hydrogen-bond donors (Lipinski definition) is 1. The Balaban J connectivity index is 1.34. The van der Waals surface area contributed by atoms with Crippen molar-refractivity contribution in [2.75, 3.05) is 19.6 Å². The fourth-order valence-corrected chi connectivity index (χ4v) is 8.30. The topological polar surface area (TPSA) is 51.1 Å². The van der Waals surface area contributed by atoms with Crippen LogP contribution in [0.3, 0.4) is 0 Å². The van der Waals surface area contributed by atoms with E-state index < -0.39 is 11.1 Å². The van der Waals surface area contributed by atoms with Crippen LogP contribution in [0, 0.1) is 5.92 Å². The molecule has 1 aromatic carbocycles. The molecule has 2 saturated heterocycles. The number of piperidine rings is 1. The second-order valence-corrected chi connectivity index (χ2v) is 12.1. The zero-order valence-corrected chi connectivity index (χ0v) is 21.9. The van der Waals surface area contributed by atoms with Gasteiger partial charge >= 0.3 is 0 Å². The van der Waals surface area contributed by atoms with Gasteiger partial charge in [-0.2, -0.15) is 4.98 Å². The lowest BCUT2D eigenvalue weighted by Crippen LogP contribution is -2.83. The summed E-state index contributed by atoms with van der Waals surface area (Å²) >= 11 is 6.26. The SMILES string of the molecule is O=C(N1CC[C@@H](c2ccccc2)C[C@H]1C1CCCCC1)C1(F)C[NH2+]C[C@]12CCCc1[nH+]c(Cl)ccc12. The predicted octanol–water partition coefficient (Wildman–Crippen LogP) is 4.37. The van der Waals surface area contributed by atoms with Crippen LogP contribution < -0.4 is 10.3 Å². The highest BCUT2D eigenvalue weighted by atomic mass is 35.5. The van der Waals surface area contributed by atoms with Gasteiger partial charge in [-0.15, -0.1) is 0 Å². The number of rotatable bonds is 3. The lowest BCUT2D eigenvalue weighted by molar-refractivity contribution is -0.642. The highest BCUT2D eigenvalue weighted by Gasteiger charge is 2.68. The molecule has 3 heterocycles. The standard InChI is InChI=1S/C30H37ClFN3O/c31-27-14-13-24-25(34-27)12-7-16-29(24)19-33-20-30(29,32)28(36)35-17-15-23(21-8-3-1-4-9-21)18-26(35)22-10-5-2-6-11-22/h1,3-4,8-9,13-14,22-23,26,33H,2,5-7,10-12,15-20H2/p+2/t23-,26+,29+,30?/m1/s1. The van der Waals surface area contributed by atoms with Crippen molar-refractivity contribution in [3.05, 3.63) is 64.4 Å². The summed E-state index contributed by atoms with van der Waals surface area (Å²) in [5.41, 5.74) is 0.656. The van der Waals surface area contributed by atoms with Gasteiger partial charge in [0.2, 0.25) is 0 Å². The molecule has 4 atom stereocenters. The first kappa shape index (κ1) is 24.4. The van der Waals surface area contributed by atoms with Crippen molar-refractivity contribution in [3.63, 3.8) is 0 Å². The van der Waals surface area contributed by atoms with Crippen LogP contribution in [-0.2, 0) is 16.6 Å². The van der Waals surface area contributed by atoms with Gasteiger partial charge in [-0.1, -0.05) is 49.6 Å². The first-order valence-electron chi connectivity index (χ1n) is 14.1. The summed E-state index contributed by atoms with van der Waals surface area (Å²) < 4.78 is 17.5. The third kappa shape index (κ3) is 3.98. The average Bonchev–Trinajstić information content (AvgIpc) is 3.25. The molecule has 3 fully saturated rings. The van der Waals surface area contributed by atoms with Crippen LogP contribution in [0.1, 0.15) is 80.5 Å². The summed E-state index contributed by atoms with van der Waals surface area (Å²) in [4.78, 5) is 19.8. The van der Waals surface area contributed by atoms with E-state index in [1.165, 1.54) is 24.8 Å². The van der Waals surface area contributed by atoms with Gasteiger partial charge < -0.3 is 10.2 Å². The number of aromatic nitrogens is 1. The predicted molar refractivity (Wildman–Crippen MR) is 139 cm³/mol. The number of fused-ring (bicyclic) bond motifs is 2. The monoisotopic (exact) mass is 511 g/mol. The molecule has 4 nitrogen and oxygen atoms in total. The van der Waals surface area contributed by atoms with Crippen LogP contribution in [0.2, 0.25) is 5.15 Å². The number of nitrogens with two attached hydrogens (primary N) is 1. The van der Waals surface area contributed by atoms with E-state index in [4.69, 9.17) is 11.6 Å². The average molecular weight is 512 g/mol. The Bertz CT molecular complexity index is 1110. The number of halogens is 2. The molecule has 0 radical (unpaired) electrons. The second kappa shape index (κ2) is 9.72. The molecule has 3 N–H and O–H groups in total. The third-order valence-electron chi connectivity index (χ3n) is 9.92. The Labute approximate surface area is 219 Å². The molecular formula is C30H39ClFN3O+2. The number of amides is 1. The molecule has 1 spiro atoms. The number of nitrogens with zero attached hydrogens (tertiary/aromatic N) is 1. The summed E-state index contributed by atoms with van der Waals surface area (Å²) in [6, 6.07) is 14.7. The largest absolute Gasteiger partial charge is 0.342 e. The number of hydrogen-bond acceptors (Lipinski definition) is 1. The van der Waals surface area contributed by atoms with Gasteiger partial charge in [0.25, 0.3) is 16.7 Å². The summed E-state index contributed by atoms with van der Waals surface area (Å²) in [7, 11) is 0. The molecule has 1 aromatic heterocycles. The van der Waals surface area contributed by atoms with Crippen molar-refractivity contribution in [2.24, 2.45) is 5.92 Å². The van der Waals surface area contributed by atoms with Crippen LogP contribution in [0.4, 0.5) is 4.39 Å². The summed E-state index contributed by atoms with van der Waals surface area (Å²) in [5, 5.41) is 2.61. The van der Waals surface area contributed by atoms with E-state index in [-0.39, 0.29) is 18.5 Å². The first-order chi connectivity index (χ1) is 17.5. The van der Waals surface area contributed by atoms with Crippen molar-refractivity contribution < 1.29 is 19.5 Å². The van der Waals surface area contributed by atoms with E-state index >= 15 is 4.39 Å². The molecule has 6 rings (SSSR count). The number of carbonyl (C=O) groups is 1.